The molecule has 0 spiro atoms. The van der Waals surface area contributed by atoms with Crippen molar-refractivity contribution < 1.29 is 5.11 Å². The van der Waals surface area contributed by atoms with Crippen molar-refractivity contribution in [2.75, 3.05) is 0 Å². The fraction of sp³-hybridized carbons (Fsp3) is 0.750. The van der Waals surface area contributed by atoms with Gasteiger partial charge >= 0.3 is 0 Å². The minimum atomic E-state index is -0.264. The highest BCUT2D eigenvalue weighted by Crippen LogP contribution is 2.22. The number of hydrogen-bond donors (Lipinski definition) is 1. The van der Waals surface area contributed by atoms with Gasteiger partial charge in [0.1, 0.15) is 5.82 Å². The molecule has 1 rings (SSSR count). The standard InChI is InChI=1S/C12H22N2O/c1-5-14-9-8-13-11(14)7-6-10(15)12(2,3)4/h8-10,15H,5-7H2,1-4H3. The number of aryl methyl sites for hydroxylation is 2. The van der Waals surface area contributed by atoms with E-state index in [4.69, 9.17) is 0 Å². The molecule has 1 N–H and O–H groups in total. The van der Waals surface area contributed by atoms with E-state index in [0.717, 1.165) is 25.2 Å². The van der Waals surface area contributed by atoms with Crippen LogP contribution in [0.3, 0.4) is 0 Å². The van der Waals surface area contributed by atoms with Gasteiger partial charge in [0.15, 0.2) is 0 Å². The Hall–Kier alpha value is -0.830. The zero-order valence-electron chi connectivity index (χ0n) is 10.2. The lowest BCUT2D eigenvalue weighted by atomic mass is 9.86. The zero-order chi connectivity index (χ0) is 11.5. The molecule has 1 atom stereocenters. The first-order valence-electron chi connectivity index (χ1n) is 5.63. The molecule has 0 aliphatic rings. The molecule has 0 fully saturated rings. The highest BCUT2D eigenvalue weighted by molar-refractivity contribution is 4.93. The van der Waals surface area contributed by atoms with E-state index >= 15 is 0 Å². The second kappa shape index (κ2) is 4.79. The summed E-state index contributed by atoms with van der Waals surface area (Å²) < 4.78 is 2.12. The van der Waals surface area contributed by atoms with E-state index in [1.807, 2.05) is 12.4 Å². The number of aliphatic hydroxyl groups is 1. The van der Waals surface area contributed by atoms with Crippen LogP contribution >= 0.6 is 0 Å². The van der Waals surface area contributed by atoms with Crippen molar-refractivity contribution in [2.45, 2.75) is 53.2 Å². The van der Waals surface area contributed by atoms with Crippen LogP contribution in [0.4, 0.5) is 0 Å². The summed E-state index contributed by atoms with van der Waals surface area (Å²) in [7, 11) is 0. The molecule has 0 bridgehead atoms. The Morgan fingerprint density at radius 1 is 1.47 bits per heavy atom. The molecule has 1 heterocycles. The number of nitrogens with zero attached hydrogens (tertiary/aromatic N) is 2. The van der Waals surface area contributed by atoms with Crippen LogP contribution in [-0.4, -0.2) is 20.8 Å². The molecule has 86 valence electrons. The van der Waals surface area contributed by atoms with E-state index in [2.05, 4.69) is 37.2 Å². The molecule has 15 heavy (non-hydrogen) atoms. The lowest BCUT2D eigenvalue weighted by Gasteiger charge is -2.25. The van der Waals surface area contributed by atoms with Gasteiger partial charge in [0.2, 0.25) is 0 Å². The maximum atomic E-state index is 9.91. The van der Waals surface area contributed by atoms with Crippen LogP contribution in [0.15, 0.2) is 12.4 Å². The van der Waals surface area contributed by atoms with Crippen molar-refractivity contribution in [1.82, 2.24) is 9.55 Å². The predicted octanol–water partition coefficient (Wildman–Crippen LogP) is 2.24. The maximum absolute atomic E-state index is 9.91. The molecule has 1 aromatic heterocycles. The van der Waals surface area contributed by atoms with Crippen molar-refractivity contribution >= 4 is 0 Å². The highest BCUT2D eigenvalue weighted by Gasteiger charge is 2.22. The van der Waals surface area contributed by atoms with Gasteiger partial charge in [-0.25, -0.2) is 4.98 Å². The molecule has 0 saturated carbocycles. The maximum Gasteiger partial charge on any atom is 0.108 e. The first-order chi connectivity index (χ1) is 6.95. The molecular weight excluding hydrogens is 188 g/mol. The van der Waals surface area contributed by atoms with Crippen LogP contribution < -0.4 is 0 Å². The Kier molecular flexibility index (Phi) is 3.91. The number of imidazole rings is 1. The SMILES string of the molecule is CCn1ccnc1CCC(O)C(C)(C)C. The van der Waals surface area contributed by atoms with Gasteiger partial charge in [-0.15, -0.1) is 0 Å². The normalized spacial score (nSPS) is 14.2. The zero-order valence-corrected chi connectivity index (χ0v) is 10.2. The van der Waals surface area contributed by atoms with Gasteiger partial charge in [-0.1, -0.05) is 20.8 Å². The molecule has 3 heteroatoms. The Morgan fingerprint density at radius 3 is 2.67 bits per heavy atom. The van der Waals surface area contributed by atoms with Crippen LogP contribution in [0.1, 0.15) is 39.9 Å². The van der Waals surface area contributed by atoms with E-state index in [0.29, 0.717) is 0 Å². The van der Waals surface area contributed by atoms with E-state index in [1.165, 1.54) is 0 Å². The molecule has 0 amide bonds. The average Bonchev–Trinajstić information content (AvgIpc) is 2.59. The lowest BCUT2D eigenvalue weighted by molar-refractivity contribution is 0.0554. The van der Waals surface area contributed by atoms with Gasteiger partial charge in [0.25, 0.3) is 0 Å². The molecule has 1 aromatic rings. The van der Waals surface area contributed by atoms with Crippen LogP contribution in [-0.2, 0) is 13.0 Å². The third-order valence-electron chi connectivity index (χ3n) is 2.78. The first kappa shape index (κ1) is 12.2. The van der Waals surface area contributed by atoms with E-state index in [1.54, 1.807) is 0 Å². The smallest absolute Gasteiger partial charge is 0.108 e. The molecule has 0 radical (unpaired) electrons. The minimum Gasteiger partial charge on any atom is -0.393 e. The average molecular weight is 210 g/mol. The van der Waals surface area contributed by atoms with E-state index in [9.17, 15) is 5.11 Å². The molecule has 0 saturated heterocycles. The fourth-order valence-corrected chi connectivity index (χ4v) is 1.55. The Morgan fingerprint density at radius 2 is 2.13 bits per heavy atom. The summed E-state index contributed by atoms with van der Waals surface area (Å²) in [6.07, 6.45) is 5.17. The van der Waals surface area contributed by atoms with Gasteiger partial charge in [0.05, 0.1) is 6.10 Å². The predicted molar refractivity (Wildman–Crippen MR) is 61.7 cm³/mol. The molecule has 0 aromatic carbocycles. The quantitative estimate of drug-likeness (QED) is 0.827. The van der Waals surface area contributed by atoms with Crippen LogP contribution in [0, 0.1) is 5.41 Å². The Labute approximate surface area is 92.1 Å². The van der Waals surface area contributed by atoms with Crippen LogP contribution in [0.2, 0.25) is 0 Å². The van der Waals surface area contributed by atoms with Crippen molar-refractivity contribution in [3.63, 3.8) is 0 Å². The lowest BCUT2D eigenvalue weighted by Crippen LogP contribution is -2.26. The van der Waals surface area contributed by atoms with Gasteiger partial charge in [-0.3, -0.25) is 0 Å². The largest absolute Gasteiger partial charge is 0.393 e. The monoisotopic (exact) mass is 210 g/mol. The third-order valence-corrected chi connectivity index (χ3v) is 2.78. The molecule has 0 aliphatic heterocycles. The second-order valence-corrected chi connectivity index (χ2v) is 5.05. The van der Waals surface area contributed by atoms with E-state index in [-0.39, 0.29) is 11.5 Å². The highest BCUT2D eigenvalue weighted by atomic mass is 16.3. The van der Waals surface area contributed by atoms with E-state index < -0.39 is 0 Å². The number of rotatable bonds is 4. The van der Waals surface area contributed by atoms with Gasteiger partial charge in [0, 0.05) is 25.4 Å². The minimum absolute atomic E-state index is 0.0381. The van der Waals surface area contributed by atoms with Crippen molar-refractivity contribution in [2.24, 2.45) is 5.41 Å². The summed E-state index contributed by atoms with van der Waals surface area (Å²) in [5, 5.41) is 9.91. The third kappa shape index (κ3) is 3.34. The van der Waals surface area contributed by atoms with Crippen molar-refractivity contribution in [3.8, 4) is 0 Å². The van der Waals surface area contributed by atoms with Gasteiger partial charge in [-0.05, 0) is 18.8 Å². The Bertz CT molecular complexity index is 299. The molecule has 3 nitrogen and oxygen atoms in total. The Balaban J connectivity index is 2.50. The summed E-state index contributed by atoms with van der Waals surface area (Å²) in [4.78, 5) is 4.29. The number of aliphatic hydroxyl groups excluding tert-OH is 1. The topological polar surface area (TPSA) is 38.0 Å². The second-order valence-electron chi connectivity index (χ2n) is 5.05. The summed E-state index contributed by atoms with van der Waals surface area (Å²) in [6, 6.07) is 0. The molecule has 1 unspecified atom stereocenters. The van der Waals surface area contributed by atoms with Gasteiger partial charge in [-0.2, -0.15) is 0 Å². The van der Waals surface area contributed by atoms with Crippen molar-refractivity contribution in [3.05, 3.63) is 18.2 Å². The van der Waals surface area contributed by atoms with Crippen LogP contribution in [0.5, 0.6) is 0 Å². The van der Waals surface area contributed by atoms with Crippen LogP contribution in [0.25, 0.3) is 0 Å². The van der Waals surface area contributed by atoms with Crippen molar-refractivity contribution in [1.29, 1.82) is 0 Å². The number of hydrogen-bond acceptors (Lipinski definition) is 2. The summed E-state index contributed by atoms with van der Waals surface area (Å²) >= 11 is 0. The summed E-state index contributed by atoms with van der Waals surface area (Å²) in [5.74, 6) is 1.07. The summed E-state index contributed by atoms with van der Waals surface area (Å²) in [6.45, 7) is 9.23. The molecule has 0 aliphatic carbocycles. The first-order valence-corrected chi connectivity index (χ1v) is 5.63. The number of aromatic nitrogens is 2. The fourth-order valence-electron chi connectivity index (χ4n) is 1.55. The molecular formula is C12H22N2O. The van der Waals surface area contributed by atoms with Gasteiger partial charge < -0.3 is 9.67 Å². The summed E-state index contributed by atoms with van der Waals surface area (Å²) in [5.41, 5.74) is -0.0381.